The highest BCUT2D eigenvalue weighted by Gasteiger charge is 2.21. The number of nitrogens with zero attached hydrogens (tertiary/aromatic N) is 2. The molecule has 4 heterocycles. The molecular formula is C32H22N2O. The summed E-state index contributed by atoms with van der Waals surface area (Å²) in [6, 6.07) is 30.4. The Balaban J connectivity index is 1.49. The Kier molecular flexibility index (Phi) is 3.58. The van der Waals surface area contributed by atoms with Crippen molar-refractivity contribution in [3.63, 3.8) is 0 Å². The average Bonchev–Trinajstić information content (AvgIpc) is 3.54. The van der Waals surface area contributed by atoms with Gasteiger partial charge in [0.25, 0.3) is 0 Å². The van der Waals surface area contributed by atoms with Gasteiger partial charge in [0.1, 0.15) is 11.2 Å². The second-order valence-corrected chi connectivity index (χ2v) is 9.83. The molecule has 8 rings (SSSR count). The SMILES string of the molecule is CC(C)c1ccnc(-c2ccc3c(c2)c2cccc4c5c6c(ccc5n3c24)oc2ccccc26)c1. The van der Waals surface area contributed by atoms with E-state index in [1.165, 1.54) is 54.4 Å². The summed E-state index contributed by atoms with van der Waals surface area (Å²) in [7, 11) is 0. The van der Waals surface area contributed by atoms with E-state index in [0.29, 0.717) is 5.92 Å². The van der Waals surface area contributed by atoms with Gasteiger partial charge in [0.05, 0.1) is 22.2 Å². The number of fused-ring (bicyclic) bond motifs is 10. The Bertz CT molecular complexity index is 2090. The van der Waals surface area contributed by atoms with Crippen molar-refractivity contribution < 1.29 is 4.42 Å². The van der Waals surface area contributed by atoms with Gasteiger partial charge in [-0.15, -0.1) is 0 Å². The molecule has 0 aliphatic heterocycles. The molecule has 0 bridgehead atoms. The number of pyridine rings is 1. The smallest absolute Gasteiger partial charge is 0.136 e. The first kappa shape index (κ1) is 19.0. The fourth-order valence-corrected chi connectivity index (χ4v) is 5.91. The minimum Gasteiger partial charge on any atom is -0.456 e. The number of hydrogen-bond donors (Lipinski definition) is 0. The minimum absolute atomic E-state index is 0.475. The van der Waals surface area contributed by atoms with Crippen molar-refractivity contribution in [1.29, 1.82) is 0 Å². The summed E-state index contributed by atoms with van der Waals surface area (Å²) in [5.74, 6) is 0.475. The molecule has 3 nitrogen and oxygen atoms in total. The van der Waals surface area contributed by atoms with Crippen LogP contribution in [0.2, 0.25) is 0 Å². The Morgan fingerprint density at radius 1 is 0.686 bits per heavy atom. The third kappa shape index (κ3) is 2.42. The summed E-state index contributed by atoms with van der Waals surface area (Å²) in [5.41, 5.74) is 9.09. The fourth-order valence-electron chi connectivity index (χ4n) is 5.91. The van der Waals surface area contributed by atoms with Crippen LogP contribution in [-0.4, -0.2) is 9.38 Å². The second-order valence-electron chi connectivity index (χ2n) is 9.83. The van der Waals surface area contributed by atoms with Crippen LogP contribution in [-0.2, 0) is 0 Å². The van der Waals surface area contributed by atoms with Gasteiger partial charge in [-0.2, -0.15) is 0 Å². The summed E-state index contributed by atoms with van der Waals surface area (Å²) in [4.78, 5) is 4.69. The molecule has 8 aromatic rings. The second kappa shape index (κ2) is 6.61. The summed E-state index contributed by atoms with van der Waals surface area (Å²) >= 11 is 0. The number of hydrogen-bond acceptors (Lipinski definition) is 2. The van der Waals surface area contributed by atoms with Crippen LogP contribution in [0.5, 0.6) is 0 Å². The van der Waals surface area contributed by atoms with Crippen molar-refractivity contribution in [2.24, 2.45) is 0 Å². The molecule has 0 unspecified atom stereocenters. The summed E-state index contributed by atoms with van der Waals surface area (Å²) < 4.78 is 8.64. The Hall–Kier alpha value is -4.37. The summed E-state index contributed by atoms with van der Waals surface area (Å²) in [6.45, 7) is 4.45. The van der Waals surface area contributed by atoms with E-state index < -0.39 is 0 Å². The first-order chi connectivity index (χ1) is 17.2. The van der Waals surface area contributed by atoms with Crippen LogP contribution < -0.4 is 0 Å². The maximum absolute atomic E-state index is 6.21. The lowest BCUT2D eigenvalue weighted by molar-refractivity contribution is 0.669. The molecule has 0 spiro atoms. The van der Waals surface area contributed by atoms with Crippen LogP contribution in [0, 0.1) is 0 Å². The standard InChI is InChI=1S/C32H22N2O/c1-18(2)19-14-15-33-25(17-19)20-10-11-26-24(16-20)21-7-5-8-23-30-27(34(26)32(21)23)12-13-29-31(30)22-6-3-4-9-28(22)35-29/h3-18H,1-2H3. The number of aromatic nitrogens is 2. The molecule has 4 aromatic heterocycles. The highest BCUT2D eigenvalue weighted by Crippen LogP contribution is 2.44. The van der Waals surface area contributed by atoms with E-state index in [0.717, 1.165) is 22.4 Å². The Morgan fingerprint density at radius 2 is 1.51 bits per heavy atom. The van der Waals surface area contributed by atoms with E-state index in [1.54, 1.807) is 0 Å². The predicted molar refractivity (Wildman–Crippen MR) is 146 cm³/mol. The minimum atomic E-state index is 0.475. The monoisotopic (exact) mass is 450 g/mol. The molecule has 166 valence electrons. The largest absolute Gasteiger partial charge is 0.456 e. The van der Waals surface area contributed by atoms with Crippen molar-refractivity contribution >= 4 is 60.0 Å². The topological polar surface area (TPSA) is 30.4 Å². The van der Waals surface area contributed by atoms with Gasteiger partial charge in [-0.25, -0.2) is 0 Å². The lowest BCUT2D eigenvalue weighted by Gasteiger charge is -2.08. The van der Waals surface area contributed by atoms with E-state index in [9.17, 15) is 0 Å². The van der Waals surface area contributed by atoms with E-state index in [1.807, 2.05) is 12.3 Å². The molecule has 0 saturated heterocycles. The van der Waals surface area contributed by atoms with Gasteiger partial charge >= 0.3 is 0 Å². The Morgan fingerprint density at radius 3 is 2.43 bits per heavy atom. The molecule has 35 heavy (non-hydrogen) atoms. The zero-order valence-corrected chi connectivity index (χ0v) is 19.5. The number of benzene rings is 4. The van der Waals surface area contributed by atoms with E-state index in [2.05, 4.69) is 97.1 Å². The lowest BCUT2D eigenvalue weighted by Crippen LogP contribution is -1.90. The molecule has 0 aliphatic rings. The van der Waals surface area contributed by atoms with Gasteiger partial charge in [-0.1, -0.05) is 56.3 Å². The number of para-hydroxylation sites is 2. The van der Waals surface area contributed by atoms with E-state index >= 15 is 0 Å². The Labute approximate surface area is 201 Å². The highest BCUT2D eigenvalue weighted by molar-refractivity contribution is 6.32. The zero-order chi connectivity index (χ0) is 23.3. The molecule has 0 aliphatic carbocycles. The molecule has 0 N–H and O–H groups in total. The lowest BCUT2D eigenvalue weighted by atomic mass is 10.00. The maximum Gasteiger partial charge on any atom is 0.136 e. The maximum atomic E-state index is 6.21. The van der Waals surface area contributed by atoms with Gasteiger partial charge in [-0.05, 0) is 53.9 Å². The van der Waals surface area contributed by atoms with Gasteiger partial charge in [0.2, 0.25) is 0 Å². The molecule has 0 saturated carbocycles. The van der Waals surface area contributed by atoms with E-state index in [-0.39, 0.29) is 0 Å². The third-order valence-electron chi connectivity index (χ3n) is 7.57. The number of furan rings is 1. The molecule has 0 fully saturated rings. The fraction of sp³-hybridized carbons (Fsp3) is 0.0938. The average molecular weight is 451 g/mol. The molecular weight excluding hydrogens is 428 g/mol. The molecule has 0 radical (unpaired) electrons. The number of rotatable bonds is 2. The molecule has 0 atom stereocenters. The van der Waals surface area contributed by atoms with Crippen molar-refractivity contribution in [2.75, 3.05) is 0 Å². The zero-order valence-electron chi connectivity index (χ0n) is 19.5. The van der Waals surface area contributed by atoms with Crippen molar-refractivity contribution in [1.82, 2.24) is 9.38 Å². The van der Waals surface area contributed by atoms with Crippen LogP contribution in [0.4, 0.5) is 0 Å². The molecule has 3 heteroatoms. The van der Waals surface area contributed by atoms with Gasteiger partial charge in [0, 0.05) is 44.1 Å². The molecule has 4 aromatic carbocycles. The van der Waals surface area contributed by atoms with Gasteiger partial charge < -0.3 is 8.82 Å². The predicted octanol–water partition coefficient (Wildman–Crippen LogP) is 8.92. The summed E-state index contributed by atoms with van der Waals surface area (Å²) in [6.07, 6.45) is 1.93. The highest BCUT2D eigenvalue weighted by atomic mass is 16.3. The van der Waals surface area contributed by atoms with Gasteiger partial charge in [-0.3, -0.25) is 4.98 Å². The van der Waals surface area contributed by atoms with Gasteiger partial charge in [0.15, 0.2) is 0 Å². The first-order valence-corrected chi connectivity index (χ1v) is 12.2. The quantitative estimate of drug-likeness (QED) is 0.263. The normalized spacial score (nSPS) is 12.5. The van der Waals surface area contributed by atoms with Crippen molar-refractivity contribution in [3.05, 3.63) is 96.7 Å². The van der Waals surface area contributed by atoms with Crippen molar-refractivity contribution in [2.45, 2.75) is 19.8 Å². The van der Waals surface area contributed by atoms with Crippen LogP contribution in [0.3, 0.4) is 0 Å². The molecule has 0 amide bonds. The first-order valence-electron chi connectivity index (χ1n) is 12.2. The van der Waals surface area contributed by atoms with E-state index in [4.69, 9.17) is 9.40 Å². The van der Waals surface area contributed by atoms with Crippen molar-refractivity contribution in [3.8, 4) is 11.3 Å². The van der Waals surface area contributed by atoms with Crippen LogP contribution in [0.25, 0.3) is 71.3 Å². The van der Waals surface area contributed by atoms with Crippen LogP contribution in [0.15, 0.2) is 95.5 Å². The van der Waals surface area contributed by atoms with Crippen LogP contribution in [0.1, 0.15) is 25.3 Å². The summed E-state index contributed by atoms with van der Waals surface area (Å²) in [5, 5.41) is 7.45. The third-order valence-corrected chi connectivity index (χ3v) is 7.57. The van der Waals surface area contributed by atoms with Crippen LogP contribution >= 0.6 is 0 Å².